The standard InChI is InChI=1S/C39H42N2O7S/c1-24-23-49-38(41-24)29-12-8-10-26(19-29)22-40-34(44)21-32(27-15-17-31(47-3)18-16-27)36-33(43)20-28-11-5-4-6-13-30(42)14-7-9-25(2)48-39(46)35(28)37(36)45/h5,8,10-12,15-20,23,25,32,43,45H,4,6-7,9,13-14,21-22H2,1-3H3,(H,40,44)/t25-,32?/m0/s1. The number of esters is 1. The van der Waals surface area contributed by atoms with Gasteiger partial charge in [0.05, 0.1) is 13.2 Å². The normalized spacial score (nSPS) is 16.3. The molecule has 4 aromatic rings. The number of thiazole rings is 1. The number of carbonyl (C=O) groups excluding carboxylic acids is 3. The number of benzene rings is 3. The number of nitrogens with zero attached hydrogens (tertiary/aromatic N) is 1. The third kappa shape index (κ3) is 9.14. The zero-order valence-corrected chi connectivity index (χ0v) is 28.8. The molecule has 1 aliphatic heterocycles. The SMILES string of the molecule is COc1ccc(C(CC(=O)NCc2cccc(-c3nc(C)cs3)c2)c2c(O)cc3c(c2O)C(=O)O[C@@H](C)CCCC(=O)CCCC=C3)cc1. The Morgan fingerprint density at radius 3 is 2.61 bits per heavy atom. The molecule has 3 aromatic carbocycles. The second kappa shape index (κ2) is 16.4. The minimum atomic E-state index is -0.825. The van der Waals surface area contributed by atoms with Crippen LogP contribution >= 0.6 is 11.3 Å². The molecule has 10 heteroatoms. The Labute approximate surface area is 290 Å². The van der Waals surface area contributed by atoms with Crippen molar-refractivity contribution in [3.63, 3.8) is 0 Å². The first-order chi connectivity index (χ1) is 23.6. The highest BCUT2D eigenvalue weighted by atomic mass is 32.1. The molecule has 1 amide bonds. The van der Waals surface area contributed by atoms with Gasteiger partial charge in [-0.25, -0.2) is 9.78 Å². The van der Waals surface area contributed by atoms with Crippen LogP contribution in [0.5, 0.6) is 17.2 Å². The number of nitrogens with one attached hydrogen (secondary N) is 1. The van der Waals surface area contributed by atoms with E-state index in [0.29, 0.717) is 49.8 Å². The van der Waals surface area contributed by atoms with Crippen molar-refractivity contribution in [2.45, 2.75) is 77.4 Å². The minimum Gasteiger partial charge on any atom is -0.507 e. The van der Waals surface area contributed by atoms with E-state index in [2.05, 4.69) is 10.3 Å². The predicted molar refractivity (Wildman–Crippen MR) is 190 cm³/mol. The number of cyclic esters (lactones) is 1. The molecule has 0 radical (unpaired) electrons. The zero-order chi connectivity index (χ0) is 34.9. The molecule has 2 atom stereocenters. The van der Waals surface area contributed by atoms with Gasteiger partial charge in [0.2, 0.25) is 5.91 Å². The monoisotopic (exact) mass is 682 g/mol. The molecule has 1 unspecified atom stereocenters. The maximum absolute atomic E-state index is 13.6. The van der Waals surface area contributed by atoms with Crippen molar-refractivity contribution < 1.29 is 34.1 Å². The fraction of sp³-hybridized carbons (Fsp3) is 0.333. The Morgan fingerprint density at radius 1 is 1.10 bits per heavy atom. The number of aromatic nitrogens is 1. The number of hydrogen-bond donors (Lipinski definition) is 3. The molecule has 0 aliphatic carbocycles. The molecule has 0 bridgehead atoms. The second-order valence-electron chi connectivity index (χ2n) is 12.4. The number of ketones is 1. The molecule has 0 fully saturated rings. The number of phenols is 2. The van der Waals surface area contributed by atoms with Crippen LogP contribution in [0.3, 0.4) is 0 Å². The van der Waals surface area contributed by atoms with Crippen molar-refractivity contribution in [3.05, 3.63) is 99.6 Å². The van der Waals surface area contributed by atoms with Crippen LogP contribution in [-0.2, 0) is 20.9 Å². The lowest BCUT2D eigenvalue weighted by molar-refractivity contribution is -0.121. The molecule has 0 spiro atoms. The first-order valence-corrected chi connectivity index (χ1v) is 17.4. The van der Waals surface area contributed by atoms with Crippen molar-refractivity contribution in [3.8, 4) is 27.8 Å². The van der Waals surface area contributed by atoms with Gasteiger partial charge in [0, 0.05) is 53.9 Å². The topological polar surface area (TPSA) is 135 Å². The number of fused-ring (bicyclic) bond motifs is 1. The third-order valence-corrected chi connectivity index (χ3v) is 9.60. The van der Waals surface area contributed by atoms with E-state index in [-0.39, 0.29) is 47.1 Å². The van der Waals surface area contributed by atoms with Crippen molar-refractivity contribution in [2.75, 3.05) is 7.11 Å². The maximum atomic E-state index is 13.6. The zero-order valence-electron chi connectivity index (χ0n) is 28.0. The fourth-order valence-corrected chi connectivity index (χ4v) is 6.80. The smallest absolute Gasteiger partial charge is 0.342 e. The molecule has 2 heterocycles. The summed E-state index contributed by atoms with van der Waals surface area (Å²) < 4.78 is 11.1. The van der Waals surface area contributed by atoms with Crippen molar-refractivity contribution in [1.82, 2.24) is 10.3 Å². The van der Waals surface area contributed by atoms with Crippen LogP contribution in [0.2, 0.25) is 0 Å². The van der Waals surface area contributed by atoms with E-state index in [0.717, 1.165) is 21.8 Å². The molecule has 0 saturated carbocycles. The summed E-state index contributed by atoms with van der Waals surface area (Å²) in [4.78, 5) is 43.9. The first kappa shape index (κ1) is 35.3. The maximum Gasteiger partial charge on any atom is 0.342 e. The number of aromatic hydroxyl groups is 2. The lowest BCUT2D eigenvalue weighted by Crippen LogP contribution is -2.25. The van der Waals surface area contributed by atoms with E-state index in [9.17, 15) is 24.6 Å². The number of allylic oxidation sites excluding steroid dienone is 1. The number of ether oxygens (including phenoxy) is 2. The second-order valence-corrected chi connectivity index (χ2v) is 13.2. The Morgan fingerprint density at radius 2 is 1.88 bits per heavy atom. The molecule has 49 heavy (non-hydrogen) atoms. The van der Waals surface area contributed by atoms with Gasteiger partial charge in [-0.1, -0.05) is 42.5 Å². The van der Waals surface area contributed by atoms with Crippen molar-refractivity contribution >= 4 is 35.1 Å². The highest BCUT2D eigenvalue weighted by molar-refractivity contribution is 7.13. The van der Waals surface area contributed by atoms with Crippen molar-refractivity contribution in [1.29, 1.82) is 0 Å². The lowest BCUT2D eigenvalue weighted by atomic mass is 9.84. The number of carbonyl (C=O) groups is 3. The molecule has 1 aromatic heterocycles. The Balaban J connectivity index is 1.47. The molecular weight excluding hydrogens is 641 g/mol. The highest BCUT2D eigenvalue weighted by Gasteiger charge is 2.31. The largest absolute Gasteiger partial charge is 0.507 e. The average Bonchev–Trinajstić information content (AvgIpc) is 3.52. The van der Waals surface area contributed by atoms with Crippen LogP contribution < -0.4 is 10.1 Å². The summed E-state index contributed by atoms with van der Waals surface area (Å²) in [5, 5.41) is 29.1. The van der Waals surface area contributed by atoms with E-state index >= 15 is 0 Å². The minimum absolute atomic E-state index is 0.0462. The van der Waals surface area contributed by atoms with Gasteiger partial charge >= 0.3 is 5.97 Å². The number of hydrogen-bond acceptors (Lipinski definition) is 9. The Bertz CT molecular complexity index is 1830. The number of phenolic OH excluding ortho intramolecular Hbond substituents is 2. The summed E-state index contributed by atoms with van der Waals surface area (Å²) in [5.41, 5.74) is 3.68. The molecule has 3 N–H and O–H groups in total. The number of amides is 1. The fourth-order valence-electron chi connectivity index (χ4n) is 6.00. The number of aryl methyl sites for hydroxylation is 1. The van der Waals surface area contributed by atoms with Crippen LogP contribution in [0.1, 0.15) is 96.1 Å². The van der Waals surface area contributed by atoms with Gasteiger partial charge in [0.25, 0.3) is 0 Å². The first-order valence-electron chi connectivity index (χ1n) is 16.5. The third-order valence-electron chi connectivity index (χ3n) is 8.59. The van der Waals surface area contributed by atoms with Gasteiger partial charge in [-0.15, -0.1) is 11.3 Å². The average molecular weight is 683 g/mol. The van der Waals surface area contributed by atoms with Crippen LogP contribution in [0.4, 0.5) is 0 Å². The number of Topliss-reactive ketones (excluding diaryl/α,β-unsaturated/α-hetero) is 1. The van der Waals surface area contributed by atoms with Crippen molar-refractivity contribution in [2.24, 2.45) is 0 Å². The summed E-state index contributed by atoms with van der Waals surface area (Å²) in [5.74, 6) is -1.82. The molecule has 0 saturated heterocycles. The van der Waals surface area contributed by atoms with E-state index in [1.165, 1.54) is 6.07 Å². The van der Waals surface area contributed by atoms with E-state index in [1.54, 1.807) is 55.7 Å². The summed E-state index contributed by atoms with van der Waals surface area (Å²) >= 11 is 1.56. The molecular formula is C39H42N2O7S. The van der Waals surface area contributed by atoms with Gasteiger partial charge in [-0.3, -0.25) is 9.59 Å². The number of methoxy groups -OCH3 is 1. The molecule has 1 aliphatic rings. The summed E-state index contributed by atoms with van der Waals surface area (Å²) in [6.45, 7) is 3.96. The lowest BCUT2D eigenvalue weighted by Gasteiger charge is -2.23. The summed E-state index contributed by atoms with van der Waals surface area (Å²) in [6, 6.07) is 16.2. The van der Waals surface area contributed by atoms with Crippen LogP contribution in [0.25, 0.3) is 16.6 Å². The molecule has 9 nitrogen and oxygen atoms in total. The predicted octanol–water partition coefficient (Wildman–Crippen LogP) is 7.86. The van der Waals surface area contributed by atoms with Crippen LogP contribution in [0, 0.1) is 6.92 Å². The van der Waals surface area contributed by atoms with E-state index in [4.69, 9.17) is 9.47 Å². The number of rotatable bonds is 8. The van der Waals surface area contributed by atoms with E-state index in [1.807, 2.05) is 42.6 Å². The van der Waals surface area contributed by atoms with Gasteiger partial charge < -0.3 is 25.0 Å². The Kier molecular flexibility index (Phi) is 11.9. The summed E-state index contributed by atoms with van der Waals surface area (Å²) in [6.07, 6.45) is 6.04. The van der Waals surface area contributed by atoms with Crippen LogP contribution in [-0.4, -0.2) is 46.1 Å². The quantitative estimate of drug-likeness (QED) is 0.160. The molecule has 5 rings (SSSR count). The van der Waals surface area contributed by atoms with Gasteiger partial charge in [0.15, 0.2) is 0 Å². The summed E-state index contributed by atoms with van der Waals surface area (Å²) in [7, 11) is 1.55. The van der Waals surface area contributed by atoms with Gasteiger partial charge in [0.1, 0.15) is 33.6 Å². The van der Waals surface area contributed by atoms with E-state index < -0.39 is 23.7 Å². The Hall–Kier alpha value is -4.96. The van der Waals surface area contributed by atoms with Gasteiger partial charge in [-0.05, 0) is 80.5 Å². The van der Waals surface area contributed by atoms with Gasteiger partial charge in [-0.2, -0.15) is 0 Å². The highest BCUT2D eigenvalue weighted by Crippen LogP contribution is 2.44. The van der Waals surface area contributed by atoms with Crippen LogP contribution in [0.15, 0.2) is 66.1 Å². The molecule has 256 valence electrons.